The van der Waals surface area contributed by atoms with E-state index in [1.54, 1.807) is 0 Å². The van der Waals surface area contributed by atoms with E-state index in [2.05, 4.69) is 41.4 Å². The van der Waals surface area contributed by atoms with E-state index in [0.29, 0.717) is 0 Å². The van der Waals surface area contributed by atoms with Gasteiger partial charge in [0.2, 0.25) is 0 Å². The Hall–Kier alpha value is -0.860. The first-order valence-corrected chi connectivity index (χ1v) is 7.33. The average Bonchev–Trinajstić information content (AvgIpc) is 3.18. The molecule has 0 bridgehead atoms. The molecule has 1 saturated carbocycles. The SMILES string of the molecule is Cc1ccccc1CN1CCCNC(C2CC2)C1. The molecule has 1 aliphatic carbocycles. The van der Waals surface area contributed by atoms with Crippen LogP contribution in [0.3, 0.4) is 0 Å². The zero-order valence-corrected chi connectivity index (χ0v) is 11.4. The number of nitrogens with zero attached hydrogens (tertiary/aromatic N) is 1. The Bertz CT molecular complexity index is 398. The molecule has 2 aliphatic rings. The summed E-state index contributed by atoms with van der Waals surface area (Å²) in [5, 5.41) is 3.73. The molecule has 2 fully saturated rings. The normalized spacial score (nSPS) is 25.9. The highest BCUT2D eigenvalue weighted by molar-refractivity contribution is 5.25. The van der Waals surface area contributed by atoms with Gasteiger partial charge in [-0.15, -0.1) is 0 Å². The molecule has 1 aliphatic heterocycles. The molecule has 1 unspecified atom stereocenters. The Kier molecular flexibility index (Phi) is 3.67. The van der Waals surface area contributed by atoms with Crippen molar-refractivity contribution in [3.63, 3.8) is 0 Å². The van der Waals surface area contributed by atoms with Crippen LogP contribution in [0.15, 0.2) is 24.3 Å². The fourth-order valence-corrected chi connectivity index (χ4v) is 3.01. The maximum absolute atomic E-state index is 3.73. The van der Waals surface area contributed by atoms with Crippen molar-refractivity contribution in [3.8, 4) is 0 Å². The van der Waals surface area contributed by atoms with Gasteiger partial charge in [-0.05, 0) is 56.3 Å². The van der Waals surface area contributed by atoms with Crippen LogP contribution in [-0.2, 0) is 6.54 Å². The molecule has 1 saturated heterocycles. The van der Waals surface area contributed by atoms with E-state index in [0.717, 1.165) is 18.5 Å². The van der Waals surface area contributed by atoms with Crippen molar-refractivity contribution < 1.29 is 0 Å². The molecule has 1 aromatic carbocycles. The van der Waals surface area contributed by atoms with Crippen LogP contribution in [0.4, 0.5) is 0 Å². The maximum atomic E-state index is 3.73. The lowest BCUT2D eigenvalue weighted by Crippen LogP contribution is -2.39. The summed E-state index contributed by atoms with van der Waals surface area (Å²) in [6, 6.07) is 9.55. The third kappa shape index (κ3) is 2.93. The molecule has 1 heterocycles. The molecular formula is C16H24N2. The summed E-state index contributed by atoms with van der Waals surface area (Å²) in [6.07, 6.45) is 4.17. The lowest BCUT2D eigenvalue weighted by atomic mass is 10.1. The quantitative estimate of drug-likeness (QED) is 0.879. The monoisotopic (exact) mass is 244 g/mol. The predicted molar refractivity (Wildman–Crippen MR) is 75.6 cm³/mol. The minimum atomic E-state index is 0.747. The lowest BCUT2D eigenvalue weighted by molar-refractivity contribution is 0.250. The van der Waals surface area contributed by atoms with Gasteiger partial charge in [-0.25, -0.2) is 0 Å². The van der Waals surface area contributed by atoms with Crippen LogP contribution >= 0.6 is 0 Å². The Morgan fingerprint density at radius 1 is 1.28 bits per heavy atom. The summed E-state index contributed by atoms with van der Waals surface area (Å²) in [5.41, 5.74) is 2.92. The average molecular weight is 244 g/mol. The molecule has 1 aromatic rings. The minimum absolute atomic E-state index is 0.747. The largest absolute Gasteiger partial charge is 0.312 e. The third-order valence-corrected chi connectivity index (χ3v) is 4.36. The van der Waals surface area contributed by atoms with E-state index >= 15 is 0 Å². The van der Waals surface area contributed by atoms with Crippen LogP contribution in [0.25, 0.3) is 0 Å². The Morgan fingerprint density at radius 3 is 2.89 bits per heavy atom. The molecule has 0 amide bonds. The number of rotatable bonds is 3. The molecule has 0 radical (unpaired) electrons. The topological polar surface area (TPSA) is 15.3 Å². The van der Waals surface area contributed by atoms with Crippen molar-refractivity contribution in [2.45, 2.75) is 38.8 Å². The van der Waals surface area contributed by atoms with Crippen LogP contribution in [0.2, 0.25) is 0 Å². The molecule has 2 heteroatoms. The van der Waals surface area contributed by atoms with Gasteiger partial charge in [0.05, 0.1) is 0 Å². The molecule has 98 valence electrons. The van der Waals surface area contributed by atoms with Gasteiger partial charge < -0.3 is 5.32 Å². The van der Waals surface area contributed by atoms with E-state index in [1.165, 1.54) is 50.0 Å². The Morgan fingerprint density at radius 2 is 2.11 bits per heavy atom. The molecular weight excluding hydrogens is 220 g/mol. The minimum Gasteiger partial charge on any atom is -0.312 e. The fourth-order valence-electron chi connectivity index (χ4n) is 3.01. The van der Waals surface area contributed by atoms with E-state index in [-0.39, 0.29) is 0 Å². The zero-order chi connectivity index (χ0) is 12.4. The van der Waals surface area contributed by atoms with E-state index in [1.807, 2.05) is 0 Å². The standard InChI is InChI=1S/C16H24N2/c1-13-5-2-3-6-15(13)11-18-10-4-9-17-16(12-18)14-7-8-14/h2-3,5-6,14,16-17H,4,7-12H2,1H3. The van der Waals surface area contributed by atoms with E-state index < -0.39 is 0 Å². The van der Waals surface area contributed by atoms with Crippen molar-refractivity contribution in [2.24, 2.45) is 5.92 Å². The Labute approximate surface area is 110 Å². The van der Waals surface area contributed by atoms with Gasteiger partial charge in [-0.1, -0.05) is 24.3 Å². The van der Waals surface area contributed by atoms with Gasteiger partial charge in [-0.2, -0.15) is 0 Å². The van der Waals surface area contributed by atoms with Gasteiger partial charge in [0.25, 0.3) is 0 Å². The number of hydrogen-bond donors (Lipinski definition) is 1. The number of aryl methyl sites for hydroxylation is 1. The summed E-state index contributed by atoms with van der Waals surface area (Å²) in [4.78, 5) is 2.64. The van der Waals surface area contributed by atoms with Crippen molar-refractivity contribution in [3.05, 3.63) is 35.4 Å². The summed E-state index contributed by atoms with van der Waals surface area (Å²) >= 11 is 0. The Balaban J connectivity index is 1.65. The van der Waals surface area contributed by atoms with Crippen molar-refractivity contribution >= 4 is 0 Å². The highest BCUT2D eigenvalue weighted by Gasteiger charge is 2.32. The first kappa shape index (κ1) is 12.2. The summed E-state index contributed by atoms with van der Waals surface area (Å²) in [7, 11) is 0. The highest BCUT2D eigenvalue weighted by Crippen LogP contribution is 2.33. The first-order valence-electron chi connectivity index (χ1n) is 7.33. The summed E-state index contributed by atoms with van der Waals surface area (Å²) < 4.78 is 0. The van der Waals surface area contributed by atoms with E-state index in [4.69, 9.17) is 0 Å². The smallest absolute Gasteiger partial charge is 0.0237 e. The van der Waals surface area contributed by atoms with Crippen molar-refractivity contribution in [1.29, 1.82) is 0 Å². The molecule has 18 heavy (non-hydrogen) atoms. The van der Waals surface area contributed by atoms with Crippen molar-refractivity contribution in [1.82, 2.24) is 10.2 Å². The third-order valence-electron chi connectivity index (χ3n) is 4.36. The van der Waals surface area contributed by atoms with Crippen LogP contribution in [-0.4, -0.2) is 30.6 Å². The number of nitrogens with one attached hydrogen (secondary N) is 1. The van der Waals surface area contributed by atoms with E-state index in [9.17, 15) is 0 Å². The predicted octanol–water partition coefficient (Wildman–Crippen LogP) is 2.57. The molecule has 0 spiro atoms. The van der Waals surface area contributed by atoms with Crippen LogP contribution in [0.1, 0.15) is 30.4 Å². The van der Waals surface area contributed by atoms with Crippen LogP contribution < -0.4 is 5.32 Å². The lowest BCUT2D eigenvalue weighted by Gasteiger charge is -2.25. The second kappa shape index (κ2) is 5.41. The fraction of sp³-hybridized carbons (Fsp3) is 0.625. The highest BCUT2D eigenvalue weighted by atomic mass is 15.2. The van der Waals surface area contributed by atoms with Gasteiger partial charge in [0.15, 0.2) is 0 Å². The first-order chi connectivity index (χ1) is 8.83. The molecule has 1 atom stereocenters. The molecule has 0 aromatic heterocycles. The van der Waals surface area contributed by atoms with Crippen LogP contribution in [0.5, 0.6) is 0 Å². The van der Waals surface area contributed by atoms with Gasteiger partial charge in [-0.3, -0.25) is 4.90 Å². The van der Waals surface area contributed by atoms with Crippen molar-refractivity contribution in [2.75, 3.05) is 19.6 Å². The van der Waals surface area contributed by atoms with Gasteiger partial charge >= 0.3 is 0 Å². The zero-order valence-electron chi connectivity index (χ0n) is 11.4. The maximum Gasteiger partial charge on any atom is 0.0237 e. The second-order valence-corrected chi connectivity index (χ2v) is 5.91. The summed E-state index contributed by atoms with van der Waals surface area (Å²) in [5.74, 6) is 0.961. The second-order valence-electron chi connectivity index (χ2n) is 5.91. The van der Waals surface area contributed by atoms with Crippen LogP contribution in [0, 0.1) is 12.8 Å². The number of benzene rings is 1. The number of hydrogen-bond acceptors (Lipinski definition) is 2. The molecule has 3 rings (SSSR count). The van der Waals surface area contributed by atoms with Gasteiger partial charge in [0, 0.05) is 19.1 Å². The molecule has 1 N–H and O–H groups in total. The van der Waals surface area contributed by atoms with Gasteiger partial charge in [0.1, 0.15) is 0 Å². The summed E-state index contributed by atoms with van der Waals surface area (Å²) in [6.45, 7) is 7.02. The molecule has 2 nitrogen and oxygen atoms in total.